The number of amides is 1. The van der Waals surface area contributed by atoms with Crippen molar-refractivity contribution < 1.29 is 9.53 Å². The van der Waals surface area contributed by atoms with E-state index >= 15 is 0 Å². The quantitative estimate of drug-likeness (QED) is 0.656. The number of anilines is 2. The van der Waals surface area contributed by atoms with Crippen molar-refractivity contribution in [3.05, 3.63) is 40.0 Å². The van der Waals surface area contributed by atoms with Gasteiger partial charge >= 0.3 is 0 Å². The molecule has 4 heterocycles. The zero-order valence-electron chi connectivity index (χ0n) is 15.7. The van der Waals surface area contributed by atoms with Crippen LogP contribution in [-0.4, -0.2) is 40.1 Å². The molecule has 1 fully saturated rings. The summed E-state index contributed by atoms with van der Waals surface area (Å²) in [6.07, 6.45) is 3.29. The molecule has 1 saturated heterocycles. The minimum atomic E-state index is -0.0986. The number of hydrogen-bond donors (Lipinski definition) is 2. The van der Waals surface area contributed by atoms with Crippen LogP contribution in [-0.2, 0) is 4.74 Å². The zero-order chi connectivity index (χ0) is 19.5. The molecule has 0 aromatic carbocycles. The van der Waals surface area contributed by atoms with E-state index in [2.05, 4.69) is 25.6 Å². The molecule has 1 amide bonds. The average Bonchev–Trinajstić information content (AvgIpc) is 3.28. The van der Waals surface area contributed by atoms with E-state index in [1.165, 1.54) is 11.3 Å². The van der Waals surface area contributed by atoms with Crippen molar-refractivity contribution in [1.82, 2.24) is 20.3 Å². The van der Waals surface area contributed by atoms with Crippen LogP contribution in [0.25, 0.3) is 10.6 Å². The predicted octanol–water partition coefficient (Wildman–Crippen LogP) is 3.93. The number of ether oxygens (including phenoxy) is 1. The third-order valence-electron chi connectivity index (χ3n) is 4.46. The van der Waals surface area contributed by atoms with Crippen molar-refractivity contribution in [3.63, 3.8) is 0 Å². The number of nitrogens with one attached hydrogen (secondary N) is 2. The van der Waals surface area contributed by atoms with Gasteiger partial charge in [-0.15, -0.1) is 22.7 Å². The molecule has 28 heavy (non-hydrogen) atoms. The van der Waals surface area contributed by atoms with Gasteiger partial charge in [-0.3, -0.25) is 4.79 Å². The Morgan fingerprint density at radius 3 is 2.71 bits per heavy atom. The second kappa shape index (κ2) is 8.34. The summed E-state index contributed by atoms with van der Waals surface area (Å²) < 4.78 is 5.32. The predicted molar refractivity (Wildman–Crippen MR) is 112 cm³/mol. The molecule has 0 atom stereocenters. The maximum atomic E-state index is 12.3. The number of aromatic nitrogens is 3. The average molecular weight is 416 g/mol. The highest BCUT2D eigenvalue weighted by molar-refractivity contribution is 7.16. The van der Waals surface area contributed by atoms with Crippen molar-refractivity contribution in [2.45, 2.75) is 32.7 Å². The highest BCUT2D eigenvalue weighted by Crippen LogP contribution is 2.32. The van der Waals surface area contributed by atoms with Crippen LogP contribution in [0.2, 0.25) is 0 Å². The number of nitrogens with zero attached hydrogens (tertiary/aromatic N) is 3. The molecule has 146 valence electrons. The molecule has 0 aliphatic carbocycles. The first kappa shape index (κ1) is 19.0. The van der Waals surface area contributed by atoms with Crippen LogP contribution in [0.15, 0.2) is 23.7 Å². The number of aryl methyl sites for hydroxylation is 2. The minimum absolute atomic E-state index is 0.0986. The van der Waals surface area contributed by atoms with E-state index in [-0.39, 0.29) is 11.9 Å². The van der Waals surface area contributed by atoms with Gasteiger partial charge in [0.2, 0.25) is 0 Å². The number of carbonyl (C=O) groups excluding carboxylic acids is 1. The fourth-order valence-electron chi connectivity index (χ4n) is 3.03. The maximum absolute atomic E-state index is 12.3. The molecule has 0 spiro atoms. The first-order chi connectivity index (χ1) is 13.6. The Hall–Kier alpha value is -2.36. The van der Waals surface area contributed by atoms with E-state index in [0.29, 0.717) is 24.6 Å². The summed E-state index contributed by atoms with van der Waals surface area (Å²) in [4.78, 5) is 26.9. The summed E-state index contributed by atoms with van der Waals surface area (Å²) in [7, 11) is 0. The van der Waals surface area contributed by atoms with Crippen molar-refractivity contribution in [3.8, 4) is 10.6 Å². The summed E-state index contributed by atoms with van der Waals surface area (Å²) in [5, 5.41) is 10.0. The Morgan fingerprint density at radius 2 is 2.04 bits per heavy atom. The third kappa shape index (κ3) is 4.37. The highest BCUT2D eigenvalue weighted by atomic mass is 32.1. The van der Waals surface area contributed by atoms with Crippen molar-refractivity contribution >= 4 is 39.5 Å². The van der Waals surface area contributed by atoms with Crippen molar-refractivity contribution in [2.75, 3.05) is 18.5 Å². The van der Waals surface area contributed by atoms with Crippen LogP contribution in [0, 0.1) is 13.8 Å². The van der Waals surface area contributed by atoms with Gasteiger partial charge in [0.05, 0.1) is 26.8 Å². The summed E-state index contributed by atoms with van der Waals surface area (Å²) in [5.41, 5.74) is 2.47. The summed E-state index contributed by atoms with van der Waals surface area (Å²) in [5.74, 6) is 0.555. The molecule has 2 N–H and O–H groups in total. The number of thiazole rings is 2. The van der Waals surface area contributed by atoms with E-state index in [0.717, 1.165) is 39.2 Å². The summed E-state index contributed by atoms with van der Waals surface area (Å²) in [6.45, 7) is 5.39. The fourth-order valence-corrected chi connectivity index (χ4v) is 4.69. The van der Waals surface area contributed by atoms with Crippen LogP contribution in [0.3, 0.4) is 0 Å². The van der Waals surface area contributed by atoms with E-state index < -0.39 is 0 Å². The van der Waals surface area contributed by atoms with Crippen LogP contribution in [0.5, 0.6) is 0 Å². The van der Waals surface area contributed by atoms with Gasteiger partial charge < -0.3 is 15.4 Å². The fraction of sp³-hybridized carbons (Fsp3) is 0.368. The Bertz CT molecular complexity index is 961. The summed E-state index contributed by atoms with van der Waals surface area (Å²) >= 11 is 3.16. The van der Waals surface area contributed by atoms with Gasteiger partial charge in [-0.1, -0.05) is 0 Å². The molecule has 7 nitrogen and oxygen atoms in total. The topological polar surface area (TPSA) is 89.0 Å². The minimum Gasteiger partial charge on any atom is -0.381 e. The smallest absolute Gasteiger partial charge is 0.253 e. The maximum Gasteiger partial charge on any atom is 0.253 e. The molecule has 3 aromatic rings. The Balaban J connectivity index is 1.39. The largest absolute Gasteiger partial charge is 0.381 e. The second-order valence-corrected chi connectivity index (χ2v) is 8.66. The first-order valence-electron chi connectivity index (χ1n) is 9.10. The molecular formula is C19H21N5O2S2. The van der Waals surface area contributed by atoms with Gasteiger partial charge in [-0.05, 0) is 38.8 Å². The molecule has 1 aliphatic rings. The van der Waals surface area contributed by atoms with Crippen LogP contribution in [0.4, 0.5) is 10.9 Å². The molecule has 0 radical (unpaired) electrons. The zero-order valence-corrected chi connectivity index (χ0v) is 17.3. The lowest BCUT2D eigenvalue weighted by molar-refractivity contribution is 0.0696. The first-order valence-corrected chi connectivity index (χ1v) is 10.8. The second-order valence-electron chi connectivity index (χ2n) is 6.60. The Kier molecular flexibility index (Phi) is 5.65. The SMILES string of the molecule is Cc1nc(C)c(-c2csc(Nc3ccc(C(=O)NC4CCOCC4)cn3)n2)s1. The summed E-state index contributed by atoms with van der Waals surface area (Å²) in [6, 6.07) is 3.74. The van der Waals surface area contributed by atoms with Crippen LogP contribution in [0.1, 0.15) is 33.9 Å². The molecular weight excluding hydrogens is 394 g/mol. The number of rotatable bonds is 5. The molecule has 9 heteroatoms. The molecule has 4 rings (SSSR count). The lowest BCUT2D eigenvalue weighted by Gasteiger charge is -2.23. The highest BCUT2D eigenvalue weighted by Gasteiger charge is 2.17. The molecule has 0 saturated carbocycles. The van der Waals surface area contributed by atoms with Gasteiger partial charge in [0.15, 0.2) is 5.13 Å². The van der Waals surface area contributed by atoms with Crippen molar-refractivity contribution in [1.29, 1.82) is 0 Å². The molecule has 0 unspecified atom stereocenters. The van der Waals surface area contributed by atoms with Crippen LogP contribution >= 0.6 is 22.7 Å². The van der Waals surface area contributed by atoms with E-state index in [9.17, 15) is 4.79 Å². The standard InChI is InChI=1S/C19H21N5O2S2/c1-11-17(28-12(2)21-11)15-10-27-19(23-15)24-16-4-3-13(9-20-16)18(25)22-14-5-7-26-8-6-14/h3-4,9-10,14H,5-8H2,1-2H3,(H,22,25)(H,20,23,24). The van der Waals surface area contributed by atoms with Gasteiger partial charge in [0, 0.05) is 30.8 Å². The monoisotopic (exact) mass is 415 g/mol. The Labute approximate surface area is 171 Å². The molecule has 3 aromatic heterocycles. The van der Waals surface area contributed by atoms with Gasteiger partial charge in [0.1, 0.15) is 5.82 Å². The Morgan fingerprint density at radius 1 is 1.21 bits per heavy atom. The van der Waals surface area contributed by atoms with Gasteiger partial charge in [0.25, 0.3) is 5.91 Å². The van der Waals surface area contributed by atoms with E-state index in [1.807, 2.05) is 19.2 Å². The normalized spacial score (nSPS) is 14.8. The van der Waals surface area contributed by atoms with Gasteiger partial charge in [-0.25, -0.2) is 15.0 Å². The van der Waals surface area contributed by atoms with Crippen molar-refractivity contribution in [2.24, 2.45) is 0 Å². The van der Waals surface area contributed by atoms with Crippen LogP contribution < -0.4 is 10.6 Å². The van der Waals surface area contributed by atoms with E-state index in [1.54, 1.807) is 29.7 Å². The van der Waals surface area contributed by atoms with Gasteiger partial charge in [-0.2, -0.15) is 0 Å². The lowest BCUT2D eigenvalue weighted by atomic mass is 10.1. The molecule has 0 bridgehead atoms. The number of carbonyl (C=O) groups is 1. The lowest BCUT2D eigenvalue weighted by Crippen LogP contribution is -2.38. The number of hydrogen-bond acceptors (Lipinski definition) is 8. The third-order valence-corrected chi connectivity index (χ3v) is 6.31. The van der Waals surface area contributed by atoms with E-state index in [4.69, 9.17) is 4.74 Å². The number of pyridine rings is 1. The molecule has 1 aliphatic heterocycles.